The van der Waals surface area contributed by atoms with Gasteiger partial charge in [-0.25, -0.2) is 4.98 Å². The summed E-state index contributed by atoms with van der Waals surface area (Å²) in [7, 11) is 0. The summed E-state index contributed by atoms with van der Waals surface area (Å²) in [6, 6.07) is 6.59. The van der Waals surface area contributed by atoms with E-state index >= 15 is 0 Å². The first-order valence-corrected chi connectivity index (χ1v) is 13.4. The lowest BCUT2D eigenvalue weighted by Crippen LogP contribution is -2.51. The predicted molar refractivity (Wildman–Crippen MR) is 150 cm³/mol. The van der Waals surface area contributed by atoms with Crippen molar-refractivity contribution in [3.63, 3.8) is 0 Å². The zero-order valence-electron chi connectivity index (χ0n) is 23.5. The molecule has 0 atom stereocenters. The number of hydrogen-bond acceptors (Lipinski definition) is 6. The van der Waals surface area contributed by atoms with Crippen molar-refractivity contribution >= 4 is 22.4 Å². The van der Waals surface area contributed by atoms with Crippen molar-refractivity contribution in [2.45, 2.75) is 86.9 Å². The lowest BCUT2D eigenvalue weighted by molar-refractivity contribution is -0.280. The fourth-order valence-corrected chi connectivity index (χ4v) is 4.11. The van der Waals surface area contributed by atoms with Crippen LogP contribution >= 0.6 is 0 Å². The summed E-state index contributed by atoms with van der Waals surface area (Å²) in [6.45, 7) is 20.4. The van der Waals surface area contributed by atoms with E-state index in [2.05, 4.69) is 57.7 Å². The van der Waals surface area contributed by atoms with Gasteiger partial charge < -0.3 is 25.8 Å². The Hall–Kier alpha value is -1.89. The van der Waals surface area contributed by atoms with Crippen LogP contribution in [0.3, 0.4) is 0 Å². The summed E-state index contributed by atoms with van der Waals surface area (Å²) in [5, 5.41) is 1.12. The zero-order chi connectivity index (χ0) is 26.2. The second-order valence-corrected chi connectivity index (χ2v) is 11.2. The Morgan fingerprint density at radius 2 is 1.74 bits per heavy atom. The number of aromatic nitrogens is 1. The minimum Gasteiger partial charge on any atom is -0.383 e. The molecule has 1 aliphatic rings. The van der Waals surface area contributed by atoms with Gasteiger partial charge in [0, 0.05) is 36.0 Å². The first-order valence-electron chi connectivity index (χ1n) is 13.4. The first-order chi connectivity index (χ1) is 16.4. The summed E-state index contributed by atoms with van der Waals surface area (Å²) >= 11 is 0. The highest BCUT2D eigenvalue weighted by molar-refractivity contribution is 5.96. The molecule has 6 nitrogen and oxygen atoms in total. The van der Waals surface area contributed by atoms with Crippen LogP contribution in [-0.2, 0) is 15.9 Å². The van der Waals surface area contributed by atoms with Crippen molar-refractivity contribution in [1.82, 2.24) is 4.98 Å². The van der Waals surface area contributed by atoms with E-state index in [1.807, 2.05) is 20.8 Å². The number of nitrogen functional groups attached to an aromatic ring is 1. The lowest BCUT2D eigenvalue weighted by atomic mass is 9.90. The molecule has 0 saturated carbocycles. The van der Waals surface area contributed by atoms with E-state index in [9.17, 15) is 0 Å². The quantitative estimate of drug-likeness (QED) is 0.447. The number of benzene rings is 1. The van der Waals surface area contributed by atoms with Crippen LogP contribution in [0.15, 0.2) is 18.2 Å². The summed E-state index contributed by atoms with van der Waals surface area (Å²) in [4.78, 5) is 7.04. The molecule has 1 aliphatic heterocycles. The van der Waals surface area contributed by atoms with Gasteiger partial charge in [0.25, 0.3) is 0 Å². The molecule has 1 aromatic heterocycles. The fourth-order valence-electron chi connectivity index (χ4n) is 4.11. The van der Waals surface area contributed by atoms with Crippen molar-refractivity contribution in [2.24, 2.45) is 17.1 Å². The number of rotatable bonds is 9. The molecule has 2 heterocycles. The molecule has 1 aromatic carbocycles. The lowest BCUT2D eigenvalue weighted by Gasteiger charge is -2.44. The molecule has 0 spiro atoms. The Bertz CT molecular complexity index is 932. The van der Waals surface area contributed by atoms with Gasteiger partial charge in [0.2, 0.25) is 0 Å². The van der Waals surface area contributed by atoms with E-state index in [4.69, 9.17) is 25.9 Å². The number of aryl methyl sites for hydroxylation is 1. The monoisotopic (exact) mass is 486 g/mol. The second-order valence-electron chi connectivity index (χ2n) is 11.2. The maximum Gasteiger partial charge on any atom is 0.162 e. The molecule has 4 N–H and O–H groups in total. The third-order valence-electron chi connectivity index (χ3n) is 6.76. The van der Waals surface area contributed by atoms with Crippen molar-refractivity contribution in [3.8, 4) is 0 Å². The number of pyridine rings is 1. The Labute approximate surface area is 213 Å². The van der Waals surface area contributed by atoms with Crippen LogP contribution in [0.1, 0.15) is 78.9 Å². The van der Waals surface area contributed by atoms with E-state index in [0.717, 1.165) is 47.6 Å². The summed E-state index contributed by atoms with van der Waals surface area (Å²) < 4.78 is 11.9. The summed E-state index contributed by atoms with van der Waals surface area (Å²) in [5.41, 5.74) is 16.6. The average Bonchev–Trinajstić information content (AvgIpc) is 2.81. The first kappa shape index (κ1) is 29.3. The van der Waals surface area contributed by atoms with Crippen LogP contribution in [0.25, 0.3) is 10.9 Å². The normalized spacial score (nSPS) is 16.7. The number of ether oxygens (including phenoxy) is 2. The summed E-state index contributed by atoms with van der Waals surface area (Å²) in [5.74, 6) is 0.932. The van der Waals surface area contributed by atoms with Crippen LogP contribution in [0.4, 0.5) is 11.5 Å². The highest BCUT2D eigenvalue weighted by Gasteiger charge is 2.38. The highest BCUT2D eigenvalue weighted by Crippen LogP contribution is 2.37. The maximum atomic E-state index is 6.35. The Morgan fingerprint density at radius 3 is 2.29 bits per heavy atom. The number of unbranched alkanes of at least 4 members (excludes halogenated alkanes) is 1. The molecule has 0 unspecified atom stereocenters. The van der Waals surface area contributed by atoms with Crippen LogP contribution in [0, 0.1) is 18.3 Å². The van der Waals surface area contributed by atoms with Gasteiger partial charge in [0.05, 0.1) is 24.4 Å². The zero-order valence-corrected chi connectivity index (χ0v) is 23.5. The molecular formula is C29H50N4O2. The molecule has 198 valence electrons. The van der Waals surface area contributed by atoms with Crippen LogP contribution in [0.2, 0.25) is 0 Å². The molecule has 35 heavy (non-hydrogen) atoms. The number of nitrogens with two attached hydrogens (primary N) is 2. The van der Waals surface area contributed by atoms with Gasteiger partial charge in [-0.3, -0.25) is 0 Å². The standard InChI is InChI=1S/C24H38N4O2.C5H12/c1-6-7-8-18-9-10-19-20(13-18)27-22(26)17(2)21(19)28(12-11-25)14-24(5)15-29-23(3,4)30-16-24;1-4-5(2)3/h9-10,13H,6-8,11-12,14-16,25H2,1-5H3,(H2,26,27);5H,4H2,1-3H3. The topological polar surface area (TPSA) is 86.6 Å². The van der Waals surface area contributed by atoms with Gasteiger partial charge in [-0.05, 0) is 51.2 Å². The van der Waals surface area contributed by atoms with Gasteiger partial charge in [-0.2, -0.15) is 0 Å². The van der Waals surface area contributed by atoms with Gasteiger partial charge in [-0.1, -0.05) is 59.6 Å². The molecule has 0 aliphatic carbocycles. The van der Waals surface area contributed by atoms with Crippen molar-refractivity contribution in [2.75, 3.05) is 43.5 Å². The Balaban J connectivity index is 0.000000784. The molecule has 2 aromatic rings. The van der Waals surface area contributed by atoms with E-state index in [1.165, 1.54) is 24.8 Å². The SMILES string of the molecule is CCC(C)C.CCCCc1ccc2c(N(CCN)CC3(C)COC(C)(C)OC3)c(C)c(N)nc2c1. The van der Waals surface area contributed by atoms with Gasteiger partial charge in [0.15, 0.2) is 5.79 Å². The van der Waals surface area contributed by atoms with Gasteiger partial charge in [0.1, 0.15) is 5.82 Å². The largest absolute Gasteiger partial charge is 0.383 e. The molecule has 1 saturated heterocycles. The molecule has 0 bridgehead atoms. The summed E-state index contributed by atoms with van der Waals surface area (Å²) in [6.07, 6.45) is 4.72. The molecule has 0 radical (unpaired) electrons. The predicted octanol–water partition coefficient (Wildman–Crippen LogP) is 6.07. The molecular weight excluding hydrogens is 436 g/mol. The van der Waals surface area contributed by atoms with E-state index in [0.29, 0.717) is 25.6 Å². The Kier molecular flexibility index (Phi) is 10.8. The molecule has 3 rings (SSSR count). The number of anilines is 2. The van der Waals surface area contributed by atoms with E-state index in [-0.39, 0.29) is 5.41 Å². The minimum absolute atomic E-state index is 0.136. The Morgan fingerprint density at radius 1 is 1.11 bits per heavy atom. The number of fused-ring (bicyclic) bond motifs is 1. The van der Waals surface area contributed by atoms with Crippen LogP contribution in [0.5, 0.6) is 0 Å². The third kappa shape index (κ3) is 8.33. The van der Waals surface area contributed by atoms with E-state index < -0.39 is 5.79 Å². The minimum atomic E-state index is -0.531. The van der Waals surface area contributed by atoms with Crippen LogP contribution < -0.4 is 16.4 Å². The third-order valence-corrected chi connectivity index (χ3v) is 6.76. The molecule has 1 fully saturated rings. The van der Waals surface area contributed by atoms with Gasteiger partial charge in [-0.15, -0.1) is 0 Å². The number of hydrogen-bond donors (Lipinski definition) is 2. The number of nitrogens with zero attached hydrogens (tertiary/aromatic N) is 2. The van der Waals surface area contributed by atoms with Crippen LogP contribution in [-0.4, -0.2) is 43.6 Å². The van der Waals surface area contributed by atoms with Crippen molar-refractivity contribution in [3.05, 3.63) is 29.3 Å². The van der Waals surface area contributed by atoms with Crippen molar-refractivity contribution < 1.29 is 9.47 Å². The second kappa shape index (κ2) is 12.9. The average molecular weight is 487 g/mol. The highest BCUT2D eigenvalue weighted by atomic mass is 16.7. The van der Waals surface area contributed by atoms with E-state index in [1.54, 1.807) is 0 Å². The molecule has 6 heteroatoms. The fraction of sp³-hybridized carbons (Fsp3) is 0.690. The van der Waals surface area contributed by atoms with Crippen molar-refractivity contribution in [1.29, 1.82) is 0 Å². The van der Waals surface area contributed by atoms with Gasteiger partial charge >= 0.3 is 0 Å². The smallest absolute Gasteiger partial charge is 0.162 e. The molecule has 0 amide bonds. The maximum absolute atomic E-state index is 6.35.